The minimum Gasteiger partial charge on any atom is -0.314 e. The van der Waals surface area contributed by atoms with Gasteiger partial charge in [-0.3, -0.25) is 14.8 Å². The first-order valence-electron chi connectivity index (χ1n) is 6.25. The van der Waals surface area contributed by atoms with Crippen molar-refractivity contribution in [2.75, 3.05) is 40.3 Å². The predicted octanol–water partition coefficient (Wildman–Crippen LogP) is 0.417. The van der Waals surface area contributed by atoms with Gasteiger partial charge in [0.1, 0.15) is 0 Å². The van der Waals surface area contributed by atoms with Crippen LogP contribution in [0, 0.1) is 0 Å². The van der Waals surface area contributed by atoms with E-state index in [4.69, 9.17) is 0 Å². The molecule has 1 aromatic heterocycles. The smallest absolute Gasteiger partial charge is 0.0543 e. The van der Waals surface area contributed by atoms with Crippen LogP contribution in [0.1, 0.15) is 5.69 Å². The van der Waals surface area contributed by atoms with Crippen LogP contribution in [-0.4, -0.2) is 61.1 Å². The topological polar surface area (TPSA) is 31.4 Å². The average Bonchev–Trinajstić information content (AvgIpc) is 2.33. The van der Waals surface area contributed by atoms with Crippen LogP contribution in [-0.2, 0) is 6.54 Å². The quantitative estimate of drug-likeness (QED) is 0.818. The molecule has 0 amide bonds. The first kappa shape index (κ1) is 12.5. The van der Waals surface area contributed by atoms with Crippen LogP contribution in [0.5, 0.6) is 0 Å². The highest BCUT2D eigenvalue weighted by atomic mass is 15.2. The Labute approximate surface area is 104 Å². The molecular weight excluding hydrogens is 212 g/mol. The molecule has 0 bridgehead atoms. The van der Waals surface area contributed by atoms with Gasteiger partial charge in [-0.05, 0) is 26.2 Å². The molecule has 0 spiro atoms. The van der Waals surface area contributed by atoms with Crippen LogP contribution in [0.15, 0.2) is 24.4 Å². The highest BCUT2D eigenvalue weighted by Crippen LogP contribution is 2.04. The fourth-order valence-electron chi connectivity index (χ4n) is 2.26. The molecule has 4 nitrogen and oxygen atoms in total. The van der Waals surface area contributed by atoms with E-state index >= 15 is 0 Å². The zero-order valence-corrected chi connectivity index (χ0v) is 10.8. The van der Waals surface area contributed by atoms with Gasteiger partial charge in [0, 0.05) is 45.0 Å². The van der Waals surface area contributed by atoms with Gasteiger partial charge < -0.3 is 5.32 Å². The molecule has 4 heteroatoms. The normalized spacial score (nSPS) is 21.9. The van der Waals surface area contributed by atoms with Gasteiger partial charge in [0.15, 0.2) is 0 Å². The van der Waals surface area contributed by atoms with E-state index in [1.807, 2.05) is 18.3 Å². The Morgan fingerprint density at radius 1 is 1.53 bits per heavy atom. The second-order valence-electron chi connectivity index (χ2n) is 4.86. The molecule has 1 saturated heterocycles. The molecular formula is C13H22N4. The zero-order chi connectivity index (χ0) is 12.1. The van der Waals surface area contributed by atoms with Gasteiger partial charge in [-0.25, -0.2) is 0 Å². The zero-order valence-electron chi connectivity index (χ0n) is 10.8. The molecule has 17 heavy (non-hydrogen) atoms. The fraction of sp³-hybridized carbons (Fsp3) is 0.615. The Morgan fingerprint density at radius 2 is 2.41 bits per heavy atom. The van der Waals surface area contributed by atoms with E-state index < -0.39 is 0 Å². The van der Waals surface area contributed by atoms with Crippen LogP contribution in [0.4, 0.5) is 0 Å². The standard InChI is InChI=1S/C13H22N4/c1-16(10-12-5-3-4-6-15-12)11-13-9-14-7-8-17(13)2/h3-6,13-14H,7-11H2,1-2H3. The highest BCUT2D eigenvalue weighted by molar-refractivity contribution is 5.03. The van der Waals surface area contributed by atoms with Crippen molar-refractivity contribution in [3.63, 3.8) is 0 Å². The molecule has 1 N–H and O–H groups in total. The van der Waals surface area contributed by atoms with Crippen molar-refractivity contribution >= 4 is 0 Å². The number of piperazine rings is 1. The summed E-state index contributed by atoms with van der Waals surface area (Å²) >= 11 is 0. The molecule has 2 heterocycles. The number of nitrogens with one attached hydrogen (secondary N) is 1. The molecule has 94 valence electrons. The summed E-state index contributed by atoms with van der Waals surface area (Å²) < 4.78 is 0. The Bertz CT molecular complexity index is 327. The van der Waals surface area contributed by atoms with Crippen LogP contribution < -0.4 is 5.32 Å². The van der Waals surface area contributed by atoms with E-state index in [0.717, 1.165) is 38.4 Å². The summed E-state index contributed by atoms with van der Waals surface area (Å²) in [4.78, 5) is 9.14. The van der Waals surface area contributed by atoms with Crippen LogP contribution >= 0.6 is 0 Å². The van der Waals surface area contributed by atoms with Crippen molar-refractivity contribution in [2.45, 2.75) is 12.6 Å². The van der Waals surface area contributed by atoms with Crippen molar-refractivity contribution < 1.29 is 0 Å². The van der Waals surface area contributed by atoms with Gasteiger partial charge in [0.25, 0.3) is 0 Å². The molecule has 1 fully saturated rings. The molecule has 0 aliphatic carbocycles. The Hall–Kier alpha value is -0.970. The third kappa shape index (κ3) is 3.77. The summed E-state index contributed by atoms with van der Waals surface area (Å²) in [5.41, 5.74) is 1.14. The summed E-state index contributed by atoms with van der Waals surface area (Å²) in [6.45, 7) is 5.34. The van der Waals surface area contributed by atoms with Crippen LogP contribution in [0.2, 0.25) is 0 Å². The van der Waals surface area contributed by atoms with E-state index in [1.54, 1.807) is 0 Å². The predicted molar refractivity (Wildman–Crippen MR) is 69.9 cm³/mol. The summed E-state index contributed by atoms with van der Waals surface area (Å²) in [6, 6.07) is 6.70. The lowest BCUT2D eigenvalue weighted by atomic mass is 10.2. The lowest BCUT2D eigenvalue weighted by Crippen LogP contribution is -2.53. The molecule has 1 aromatic rings. The Kier molecular flexibility index (Phi) is 4.48. The van der Waals surface area contributed by atoms with E-state index in [0.29, 0.717) is 6.04 Å². The third-order valence-corrected chi connectivity index (χ3v) is 3.33. The molecule has 1 unspecified atom stereocenters. The summed E-state index contributed by atoms with van der Waals surface area (Å²) in [7, 11) is 4.37. The van der Waals surface area contributed by atoms with Gasteiger partial charge in [-0.15, -0.1) is 0 Å². The second-order valence-corrected chi connectivity index (χ2v) is 4.86. The van der Waals surface area contributed by atoms with Crippen molar-refractivity contribution in [3.05, 3.63) is 30.1 Å². The van der Waals surface area contributed by atoms with E-state index in [1.165, 1.54) is 0 Å². The number of pyridine rings is 1. The van der Waals surface area contributed by atoms with Gasteiger partial charge in [0.05, 0.1) is 5.69 Å². The van der Waals surface area contributed by atoms with Crippen LogP contribution in [0.3, 0.4) is 0 Å². The Morgan fingerprint density at radius 3 is 3.12 bits per heavy atom. The minimum absolute atomic E-state index is 0.609. The summed E-state index contributed by atoms with van der Waals surface area (Å²) in [5.74, 6) is 0. The monoisotopic (exact) mass is 234 g/mol. The third-order valence-electron chi connectivity index (χ3n) is 3.33. The summed E-state index contributed by atoms with van der Waals surface area (Å²) in [5, 5.41) is 3.45. The number of hydrogen-bond acceptors (Lipinski definition) is 4. The number of nitrogens with zero attached hydrogens (tertiary/aromatic N) is 3. The number of likely N-dealkylation sites (N-methyl/N-ethyl adjacent to an activating group) is 2. The molecule has 1 aliphatic rings. The first-order chi connectivity index (χ1) is 8.25. The number of aromatic nitrogens is 1. The molecule has 0 aromatic carbocycles. The molecule has 1 atom stereocenters. The maximum absolute atomic E-state index is 4.36. The first-order valence-corrected chi connectivity index (χ1v) is 6.25. The lowest BCUT2D eigenvalue weighted by molar-refractivity contribution is 0.149. The van der Waals surface area contributed by atoms with Crippen molar-refractivity contribution in [1.82, 2.24) is 20.1 Å². The van der Waals surface area contributed by atoms with Crippen LogP contribution in [0.25, 0.3) is 0 Å². The minimum atomic E-state index is 0.609. The van der Waals surface area contributed by atoms with Crippen molar-refractivity contribution in [3.8, 4) is 0 Å². The SMILES string of the molecule is CN(Cc1ccccn1)CC1CNCCN1C. The lowest BCUT2D eigenvalue weighted by Gasteiger charge is -2.35. The van der Waals surface area contributed by atoms with Gasteiger partial charge in [-0.2, -0.15) is 0 Å². The van der Waals surface area contributed by atoms with Gasteiger partial charge >= 0.3 is 0 Å². The molecule has 2 rings (SSSR count). The molecule has 0 radical (unpaired) electrons. The Balaban J connectivity index is 1.82. The average molecular weight is 234 g/mol. The molecule has 1 aliphatic heterocycles. The fourth-order valence-corrected chi connectivity index (χ4v) is 2.26. The van der Waals surface area contributed by atoms with Gasteiger partial charge in [-0.1, -0.05) is 6.07 Å². The molecule has 0 saturated carbocycles. The van der Waals surface area contributed by atoms with E-state index in [9.17, 15) is 0 Å². The van der Waals surface area contributed by atoms with Gasteiger partial charge in [0.2, 0.25) is 0 Å². The maximum atomic E-state index is 4.36. The van der Waals surface area contributed by atoms with E-state index in [-0.39, 0.29) is 0 Å². The second kappa shape index (κ2) is 6.10. The van der Waals surface area contributed by atoms with E-state index in [2.05, 4.69) is 40.3 Å². The van der Waals surface area contributed by atoms with Crippen molar-refractivity contribution in [2.24, 2.45) is 0 Å². The number of hydrogen-bond donors (Lipinski definition) is 1. The largest absolute Gasteiger partial charge is 0.314 e. The maximum Gasteiger partial charge on any atom is 0.0543 e. The summed E-state index contributed by atoms with van der Waals surface area (Å²) in [6.07, 6.45) is 1.86. The number of rotatable bonds is 4. The highest BCUT2D eigenvalue weighted by Gasteiger charge is 2.19. The van der Waals surface area contributed by atoms with Crippen molar-refractivity contribution in [1.29, 1.82) is 0 Å².